The van der Waals surface area contributed by atoms with Crippen molar-refractivity contribution in [1.82, 2.24) is 0 Å². The van der Waals surface area contributed by atoms with Gasteiger partial charge in [0.15, 0.2) is 0 Å². The lowest BCUT2D eigenvalue weighted by atomic mass is 9.90. The summed E-state index contributed by atoms with van der Waals surface area (Å²) in [6.07, 6.45) is 0. The van der Waals surface area contributed by atoms with Gasteiger partial charge in [0.05, 0.1) is 0 Å². The van der Waals surface area contributed by atoms with Gasteiger partial charge < -0.3 is 4.42 Å². The Kier molecular flexibility index (Phi) is 4.96. The monoisotopic (exact) mass is 499 g/mol. The van der Waals surface area contributed by atoms with Crippen LogP contribution >= 0.6 is 0 Å². The van der Waals surface area contributed by atoms with E-state index in [1.54, 1.807) is 5.23 Å². The number of furan rings is 1. The van der Waals surface area contributed by atoms with E-state index in [4.69, 9.17) is 14.1 Å². The molecule has 6 aromatic rings. The highest BCUT2D eigenvalue weighted by Crippen LogP contribution is 2.43. The Morgan fingerprint density at radius 1 is 0.553 bits per heavy atom. The van der Waals surface area contributed by atoms with Gasteiger partial charge in [0.1, 0.15) is 28.1 Å². The molecule has 0 aliphatic carbocycles. The molecule has 0 radical (unpaired) electrons. The van der Waals surface area contributed by atoms with Crippen LogP contribution in [0.1, 0.15) is 27.7 Å². The van der Waals surface area contributed by atoms with Gasteiger partial charge in [-0.2, -0.15) is 0 Å². The minimum atomic E-state index is -0.463. The van der Waals surface area contributed by atoms with Crippen molar-refractivity contribution in [3.05, 3.63) is 103 Å². The van der Waals surface area contributed by atoms with Gasteiger partial charge in [0.25, 0.3) is 0 Å². The van der Waals surface area contributed by atoms with Crippen LogP contribution in [0.4, 0.5) is 5.69 Å². The van der Waals surface area contributed by atoms with Crippen LogP contribution in [0.5, 0.6) is 0 Å². The molecule has 0 atom stereocenters. The highest BCUT2D eigenvalue weighted by Gasteiger charge is 2.50. The summed E-state index contributed by atoms with van der Waals surface area (Å²) in [5.74, 6) is 0. The molecule has 1 aromatic heterocycles. The minimum Gasteiger partial charge on any atom is -0.456 e. The normalized spacial score (nSPS) is 16.6. The second kappa shape index (κ2) is 8.19. The largest absolute Gasteiger partial charge is 0.456 e. The van der Waals surface area contributed by atoms with Gasteiger partial charge >= 0.3 is 0 Å². The predicted molar refractivity (Wildman–Crippen MR) is 155 cm³/mol. The van der Waals surface area contributed by atoms with Crippen LogP contribution in [0.2, 0.25) is 0 Å². The van der Waals surface area contributed by atoms with Crippen molar-refractivity contribution < 1.29 is 14.1 Å². The Morgan fingerprint density at radius 2 is 1.24 bits per heavy atom. The third kappa shape index (κ3) is 3.52. The van der Waals surface area contributed by atoms with Crippen molar-refractivity contribution >= 4 is 38.4 Å². The fourth-order valence-electron chi connectivity index (χ4n) is 5.22. The Hall–Kier alpha value is -4.12. The lowest BCUT2D eigenvalue weighted by molar-refractivity contribution is -0.0270. The van der Waals surface area contributed by atoms with Crippen LogP contribution in [0.15, 0.2) is 108 Å². The number of rotatable bonds is 3. The Labute approximate surface area is 221 Å². The lowest BCUT2D eigenvalue weighted by Crippen LogP contribution is -2.41. The summed E-state index contributed by atoms with van der Waals surface area (Å²) < 4.78 is 6.22. The zero-order valence-electron chi connectivity index (χ0n) is 22.0. The Bertz CT molecular complexity index is 1830. The van der Waals surface area contributed by atoms with Crippen LogP contribution in [0, 0.1) is 0 Å². The first kappa shape index (κ1) is 23.0. The number of anilines is 1. The number of hydrogen-bond donors (Lipinski definition) is 0. The standard InChI is InChI=1S/C34H29NO3/c1-33(2)34(3,4)38-35(37-33)29-15-8-7-13-26(29)25-12-9-11-23(20-25)24-17-18-30-28(21-24)32-27-14-6-5-10-22(27)16-19-31(32)36-30/h5-21H,1-4H3. The fraction of sp³-hybridized carbons (Fsp3) is 0.176. The summed E-state index contributed by atoms with van der Waals surface area (Å²) in [4.78, 5) is 12.5. The maximum Gasteiger partial charge on any atom is 0.136 e. The van der Waals surface area contributed by atoms with Gasteiger partial charge in [-0.25, -0.2) is 9.68 Å². The Balaban J connectivity index is 1.33. The summed E-state index contributed by atoms with van der Waals surface area (Å²) in [5.41, 5.74) is 6.18. The number of nitrogens with zero attached hydrogens (tertiary/aromatic N) is 1. The summed E-state index contributed by atoms with van der Waals surface area (Å²) in [6.45, 7) is 8.20. The molecule has 4 heteroatoms. The van der Waals surface area contributed by atoms with E-state index in [9.17, 15) is 0 Å². The topological polar surface area (TPSA) is 34.8 Å². The highest BCUT2D eigenvalue weighted by molar-refractivity contribution is 6.19. The van der Waals surface area contributed by atoms with Gasteiger partial charge in [0, 0.05) is 16.3 Å². The van der Waals surface area contributed by atoms with E-state index >= 15 is 0 Å². The van der Waals surface area contributed by atoms with Gasteiger partial charge in [-0.05, 0) is 85.5 Å². The van der Waals surface area contributed by atoms with Crippen molar-refractivity contribution in [2.45, 2.75) is 38.9 Å². The molecule has 0 spiro atoms. The maximum absolute atomic E-state index is 6.24. The molecule has 1 aliphatic heterocycles. The molecule has 5 aromatic carbocycles. The third-order valence-electron chi connectivity index (χ3n) is 8.04. The molecule has 0 amide bonds. The van der Waals surface area contributed by atoms with Crippen molar-refractivity contribution in [3.63, 3.8) is 0 Å². The van der Waals surface area contributed by atoms with Crippen molar-refractivity contribution in [1.29, 1.82) is 0 Å². The first-order valence-electron chi connectivity index (χ1n) is 13.0. The predicted octanol–water partition coefficient (Wildman–Crippen LogP) is 9.31. The van der Waals surface area contributed by atoms with Crippen molar-refractivity contribution in [2.24, 2.45) is 0 Å². The molecular weight excluding hydrogens is 470 g/mol. The second-order valence-electron chi connectivity index (χ2n) is 11.0. The zero-order valence-corrected chi connectivity index (χ0v) is 22.0. The highest BCUT2D eigenvalue weighted by atomic mass is 17.0. The molecule has 4 nitrogen and oxygen atoms in total. The molecule has 0 unspecified atom stereocenters. The molecule has 0 saturated carbocycles. The van der Waals surface area contributed by atoms with Crippen LogP contribution in [0.25, 0.3) is 55.0 Å². The molecule has 38 heavy (non-hydrogen) atoms. The Morgan fingerprint density at radius 3 is 2.08 bits per heavy atom. The molecule has 0 N–H and O–H groups in total. The quantitative estimate of drug-likeness (QED) is 0.243. The van der Waals surface area contributed by atoms with Gasteiger partial charge in [-0.1, -0.05) is 72.8 Å². The summed E-state index contributed by atoms with van der Waals surface area (Å²) in [7, 11) is 0. The number of hydrogen-bond acceptors (Lipinski definition) is 4. The number of benzene rings is 5. The molecule has 1 fully saturated rings. The summed E-state index contributed by atoms with van der Waals surface area (Å²) in [6, 6.07) is 36.0. The zero-order chi connectivity index (χ0) is 26.1. The van der Waals surface area contributed by atoms with E-state index in [2.05, 4.69) is 113 Å². The van der Waals surface area contributed by atoms with Crippen LogP contribution in [-0.4, -0.2) is 11.2 Å². The van der Waals surface area contributed by atoms with E-state index in [0.717, 1.165) is 49.9 Å². The van der Waals surface area contributed by atoms with E-state index in [1.165, 1.54) is 10.8 Å². The first-order chi connectivity index (χ1) is 18.3. The fourth-order valence-corrected chi connectivity index (χ4v) is 5.22. The van der Waals surface area contributed by atoms with Crippen LogP contribution in [-0.2, 0) is 9.68 Å². The van der Waals surface area contributed by atoms with Crippen molar-refractivity contribution in [2.75, 3.05) is 5.23 Å². The average Bonchev–Trinajstić information content (AvgIpc) is 3.41. The molecule has 0 bridgehead atoms. The maximum atomic E-state index is 6.24. The SMILES string of the molecule is CC1(C)ON(c2ccccc2-c2cccc(-c3ccc4oc5ccc6ccccc6c5c4c3)c2)OC1(C)C. The van der Waals surface area contributed by atoms with Gasteiger partial charge in [0.2, 0.25) is 0 Å². The van der Waals surface area contributed by atoms with E-state index in [1.807, 2.05) is 18.2 Å². The van der Waals surface area contributed by atoms with Crippen LogP contribution in [0.3, 0.4) is 0 Å². The molecule has 7 rings (SSSR count). The third-order valence-corrected chi connectivity index (χ3v) is 8.04. The van der Waals surface area contributed by atoms with Gasteiger partial charge in [-0.15, -0.1) is 5.23 Å². The molecule has 1 saturated heterocycles. The smallest absolute Gasteiger partial charge is 0.136 e. The summed E-state index contributed by atoms with van der Waals surface area (Å²) in [5, 5.41) is 6.29. The molecule has 188 valence electrons. The number of fused-ring (bicyclic) bond motifs is 5. The summed E-state index contributed by atoms with van der Waals surface area (Å²) >= 11 is 0. The lowest BCUT2D eigenvalue weighted by Gasteiger charge is -2.26. The number of para-hydroxylation sites is 1. The molecule has 2 heterocycles. The second-order valence-corrected chi connectivity index (χ2v) is 11.0. The molecule has 1 aliphatic rings. The van der Waals surface area contributed by atoms with Crippen molar-refractivity contribution in [3.8, 4) is 22.3 Å². The molecular formula is C34H29NO3. The van der Waals surface area contributed by atoms with E-state index < -0.39 is 11.2 Å². The van der Waals surface area contributed by atoms with Gasteiger partial charge in [-0.3, -0.25) is 0 Å². The minimum absolute atomic E-state index is 0.463. The first-order valence-corrected chi connectivity index (χ1v) is 13.0. The van der Waals surface area contributed by atoms with E-state index in [0.29, 0.717) is 0 Å². The van der Waals surface area contributed by atoms with Crippen LogP contribution < -0.4 is 5.23 Å². The average molecular weight is 500 g/mol. The van der Waals surface area contributed by atoms with E-state index in [-0.39, 0.29) is 0 Å².